The van der Waals surface area contributed by atoms with E-state index in [-0.39, 0.29) is 56.1 Å². The van der Waals surface area contributed by atoms with Crippen LogP contribution in [-0.2, 0) is 16.0 Å². The number of carbonyl (C=O) groups excluding carboxylic acids is 2. The minimum absolute atomic E-state index is 0.106. The highest BCUT2D eigenvalue weighted by atomic mass is 19.1. The highest BCUT2D eigenvalue weighted by molar-refractivity contribution is 5.96. The summed E-state index contributed by atoms with van der Waals surface area (Å²) < 4.78 is 19.4. The zero-order chi connectivity index (χ0) is 20.6. The number of amides is 2. The third-order valence-electron chi connectivity index (χ3n) is 5.44. The van der Waals surface area contributed by atoms with Crippen LogP contribution in [0.15, 0.2) is 30.3 Å². The number of aliphatic hydroxyl groups excluding tert-OH is 1. The minimum Gasteiger partial charge on any atom is -0.388 e. The summed E-state index contributed by atoms with van der Waals surface area (Å²) in [6.07, 6.45) is -0.667. The van der Waals surface area contributed by atoms with Crippen LogP contribution in [0.5, 0.6) is 0 Å². The van der Waals surface area contributed by atoms with Crippen molar-refractivity contribution in [3.8, 4) is 0 Å². The summed E-state index contributed by atoms with van der Waals surface area (Å²) in [6.45, 7) is 0.569. The molecule has 0 saturated carbocycles. The standard InChI is InChI=1S/C19H22FN5O4/c20-12-4-2-1-3-11(12)6-19(18(28)22-14-7-29-8-15(14)26)9-25(10-19)17(27)13-5-16(21)24-23-13/h1-5,14-15,26H,6-10H2,(H,22,28)(H3,21,23,24)/t14-,15+/m0/s1. The topological polar surface area (TPSA) is 134 Å². The molecule has 3 heterocycles. The number of halogens is 1. The molecule has 2 aliphatic rings. The van der Waals surface area contributed by atoms with Gasteiger partial charge in [-0.05, 0) is 18.1 Å². The average molecular weight is 403 g/mol. The Morgan fingerprint density at radius 2 is 2.14 bits per heavy atom. The van der Waals surface area contributed by atoms with Crippen molar-refractivity contribution in [1.82, 2.24) is 20.4 Å². The fourth-order valence-corrected chi connectivity index (χ4v) is 3.79. The van der Waals surface area contributed by atoms with E-state index in [0.717, 1.165) is 0 Å². The molecule has 4 rings (SSSR count). The molecule has 0 spiro atoms. The Labute approximate surface area is 166 Å². The van der Waals surface area contributed by atoms with E-state index in [0.29, 0.717) is 5.56 Å². The van der Waals surface area contributed by atoms with E-state index >= 15 is 0 Å². The number of rotatable bonds is 5. The number of hydrogen-bond acceptors (Lipinski definition) is 6. The molecular weight excluding hydrogens is 381 g/mol. The molecule has 2 atom stereocenters. The van der Waals surface area contributed by atoms with Crippen LogP contribution in [-0.4, -0.2) is 70.5 Å². The number of aromatic amines is 1. The minimum atomic E-state index is -1.01. The quantitative estimate of drug-likeness (QED) is 0.541. The van der Waals surface area contributed by atoms with Gasteiger partial charge in [-0.2, -0.15) is 5.10 Å². The number of carbonyl (C=O) groups is 2. The first kappa shape index (κ1) is 19.3. The summed E-state index contributed by atoms with van der Waals surface area (Å²) in [6, 6.07) is 7.13. The molecule has 0 radical (unpaired) electrons. The number of ether oxygens (including phenoxy) is 1. The lowest BCUT2D eigenvalue weighted by Gasteiger charge is -2.49. The fraction of sp³-hybridized carbons (Fsp3) is 0.421. The van der Waals surface area contributed by atoms with Crippen LogP contribution in [0, 0.1) is 11.2 Å². The number of hydrogen-bond donors (Lipinski definition) is 4. The summed E-state index contributed by atoms with van der Waals surface area (Å²) in [5.41, 5.74) is 5.15. The molecular formula is C19H22FN5O4. The van der Waals surface area contributed by atoms with Gasteiger partial charge in [0.1, 0.15) is 17.3 Å². The van der Waals surface area contributed by atoms with Gasteiger partial charge >= 0.3 is 0 Å². The second-order valence-electron chi connectivity index (χ2n) is 7.60. The zero-order valence-electron chi connectivity index (χ0n) is 15.6. The van der Waals surface area contributed by atoms with Crippen molar-refractivity contribution in [2.75, 3.05) is 32.0 Å². The number of aromatic nitrogens is 2. The summed E-state index contributed by atoms with van der Waals surface area (Å²) in [5, 5.41) is 19.0. The largest absolute Gasteiger partial charge is 0.388 e. The van der Waals surface area contributed by atoms with Gasteiger partial charge < -0.3 is 25.8 Å². The number of nitrogens with one attached hydrogen (secondary N) is 2. The maximum atomic E-state index is 14.2. The van der Waals surface area contributed by atoms with E-state index in [9.17, 15) is 19.1 Å². The van der Waals surface area contributed by atoms with Crippen LogP contribution in [0.1, 0.15) is 16.1 Å². The van der Waals surface area contributed by atoms with Crippen LogP contribution in [0.25, 0.3) is 0 Å². The van der Waals surface area contributed by atoms with Gasteiger partial charge in [-0.25, -0.2) is 4.39 Å². The normalized spacial score (nSPS) is 22.9. The van der Waals surface area contributed by atoms with Gasteiger partial charge in [-0.3, -0.25) is 14.7 Å². The molecule has 1 aromatic heterocycles. The molecule has 0 unspecified atom stereocenters. The number of aliphatic hydroxyl groups is 1. The molecule has 154 valence electrons. The first-order chi connectivity index (χ1) is 13.9. The van der Waals surface area contributed by atoms with Crippen molar-refractivity contribution in [3.63, 3.8) is 0 Å². The monoisotopic (exact) mass is 403 g/mol. The molecule has 29 heavy (non-hydrogen) atoms. The zero-order valence-corrected chi connectivity index (χ0v) is 15.6. The maximum Gasteiger partial charge on any atom is 0.272 e. The van der Waals surface area contributed by atoms with Crippen LogP contribution in [0.2, 0.25) is 0 Å². The Morgan fingerprint density at radius 1 is 1.38 bits per heavy atom. The molecule has 0 aliphatic carbocycles. The molecule has 9 nitrogen and oxygen atoms in total. The Balaban J connectivity index is 1.53. The van der Waals surface area contributed by atoms with Gasteiger partial charge in [-0.1, -0.05) is 18.2 Å². The summed E-state index contributed by atoms with van der Waals surface area (Å²) >= 11 is 0. The molecule has 2 aliphatic heterocycles. The summed E-state index contributed by atoms with van der Waals surface area (Å²) in [5.74, 6) is -0.895. The Morgan fingerprint density at radius 3 is 2.76 bits per heavy atom. The van der Waals surface area contributed by atoms with Gasteiger partial charge in [-0.15, -0.1) is 0 Å². The number of nitrogens with two attached hydrogens (primary N) is 1. The van der Waals surface area contributed by atoms with E-state index < -0.39 is 23.4 Å². The van der Waals surface area contributed by atoms with Crippen LogP contribution in [0.3, 0.4) is 0 Å². The number of nitrogens with zero attached hydrogens (tertiary/aromatic N) is 2. The third kappa shape index (κ3) is 3.68. The van der Waals surface area contributed by atoms with Crippen molar-refractivity contribution in [2.45, 2.75) is 18.6 Å². The number of H-pyrrole nitrogens is 1. The first-order valence-corrected chi connectivity index (χ1v) is 9.28. The molecule has 5 N–H and O–H groups in total. The average Bonchev–Trinajstić information content (AvgIpc) is 3.27. The van der Waals surface area contributed by atoms with Crippen LogP contribution in [0.4, 0.5) is 10.2 Å². The highest BCUT2D eigenvalue weighted by Gasteiger charge is 2.52. The molecule has 2 fully saturated rings. The number of likely N-dealkylation sites (tertiary alicyclic amines) is 1. The van der Waals surface area contributed by atoms with Gasteiger partial charge in [0.25, 0.3) is 5.91 Å². The van der Waals surface area contributed by atoms with Crippen molar-refractivity contribution in [1.29, 1.82) is 0 Å². The highest BCUT2D eigenvalue weighted by Crippen LogP contribution is 2.36. The number of benzene rings is 1. The lowest BCUT2D eigenvalue weighted by atomic mass is 9.73. The summed E-state index contributed by atoms with van der Waals surface area (Å²) in [4.78, 5) is 27.2. The first-order valence-electron chi connectivity index (χ1n) is 9.28. The second kappa shape index (κ2) is 7.45. The van der Waals surface area contributed by atoms with Crippen molar-refractivity contribution in [2.24, 2.45) is 5.41 Å². The van der Waals surface area contributed by atoms with Crippen molar-refractivity contribution in [3.05, 3.63) is 47.4 Å². The fourth-order valence-electron chi connectivity index (χ4n) is 3.79. The van der Waals surface area contributed by atoms with Gasteiger partial charge in [0.05, 0.1) is 30.8 Å². The van der Waals surface area contributed by atoms with E-state index in [4.69, 9.17) is 10.5 Å². The Bertz CT molecular complexity index is 927. The second-order valence-corrected chi connectivity index (χ2v) is 7.60. The van der Waals surface area contributed by atoms with Crippen molar-refractivity contribution >= 4 is 17.6 Å². The van der Waals surface area contributed by atoms with Gasteiger partial charge in [0.15, 0.2) is 0 Å². The number of nitrogen functional groups attached to an aromatic ring is 1. The predicted octanol–water partition coefficient (Wildman–Crippen LogP) is -0.308. The van der Waals surface area contributed by atoms with Crippen LogP contribution < -0.4 is 11.1 Å². The predicted molar refractivity (Wildman–Crippen MR) is 100 cm³/mol. The molecule has 2 amide bonds. The van der Waals surface area contributed by atoms with Gasteiger partial charge in [0.2, 0.25) is 5.91 Å². The van der Waals surface area contributed by atoms with Gasteiger partial charge in [0, 0.05) is 19.2 Å². The van der Waals surface area contributed by atoms with E-state index in [1.165, 1.54) is 17.0 Å². The number of anilines is 1. The van der Waals surface area contributed by atoms with E-state index in [2.05, 4.69) is 15.5 Å². The van der Waals surface area contributed by atoms with E-state index in [1.807, 2.05) is 0 Å². The smallest absolute Gasteiger partial charge is 0.272 e. The Hall–Kier alpha value is -2.98. The van der Waals surface area contributed by atoms with E-state index in [1.54, 1.807) is 18.2 Å². The third-order valence-corrected chi connectivity index (χ3v) is 5.44. The lowest BCUT2D eigenvalue weighted by molar-refractivity contribution is -0.140. The maximum absolute atomic E-state index is 14.2. The molecule has 2 saturated heterocycles. The molecule has 1 aromatic carbocycles. The lowest BCUT2D eigenvalue weighted by Crippen LogP contribution is -2.67. The molecule has 2 aromatic rings. The molecule has 10 heteroatoms. The van der Waals surface area contributed by atoms with Crippen molar-refractivity contribution < 1.29 is 23.8 Å². The molecule has 0 bridgehead atoms. The SMILES string of the molecule is Nc1cc(C(=O)N2CC(Cc3ccccc3F)(C(=O)N[C@H]3COC[C@H]3O)C2)[nH]n1. The summed E-state index contributed by atoms with van der Waals surface area (Å²) in [7, 11) is 0. The van der Waals surface area contributed by atoms with Crippen LogP contribution >= 0.6 is 0 Å². The Kier molecular flexibility index (Phi) is 4.97.